The van der Waals surface area contributed by atoms with Crippen molar-refractivity contribution in [1.29, 1.82) is 0 Å². The fraction of sp³-hybridized carbons (Fsp3) is 0.480. The summed E-state index contributed by atoms with van der Waals surface area (Å²) >= 11 is 0. The van der Waals surface area contributed by atoms with Gasteiger partial charge in [-0.25, -0.2) is 9.50 Å². The third-order valence-electron chi connectivity index (χ3n) is 7.49. The Morgan fingerprint density at radius 3 is 2.71 bits per heavy atom. The van der Waals surface area contributed by atoms with Crippen molar-refractivity contribution in [3.8, 4) is 11.4 Å². The summed E-state index contributed by atoms with van der Waals surface area (Å²) in [5.41, 5.74) is 4.00. The van der Waals surface area contributed by atoms with Gasteiger partial charge in [-0.2, -0.15) is 9.90 Å². The molecule has 2 fully saturated rings. The molecule has 6 rings (SSSR count). The van der Waals surface area contributed by atoms with Crippen molar-refractivity contribution in [2.45, 2.75) is 70.2 Å². The van der Waals surface area contributed by atoms with Gasteiger partial charge in [0.05, 0.1) is 6.04 Å². The van der Waals surface area contributed by atoms with Crippen LogP contribution in [0.1, 0.15) is 51.1 Å². The highest BCUT2D eigenvalue weighted by atomic mass is 15.6. The van der Waals surface area contributed by atoms with Crippen LogP contribution in [0.2, 0.25) is 0 Å². The molecule has 182 valence electrons. The fourth-order valence-corrected chi connectivity index (χ4v) is 5.52. The topological polar surface area (TPSA) is 101 Å². The summed E-state index contributed by atoms with van der Waals surface area (Å²) in [7, 11) is 2.28. The van der Waals surface area contributed by atoms with E-state index in [1.54, 1.807) is 11.1 Å². The first-order valence-corrected chi connectivity index (χ1v) is 12.5. The highest BCUT2D eigenvalue weighted by Crippen LogP contribution is 2.34. The highest BCUT2D eigenvalue weighted by molar-refractivity contribution is 5.77. The second kappa shape index (κ2) is 9.01. The summed E-state index contributed by atoms with van der Waals surface area (Å²) in [6, 6.07) is 12.3. The third kappa shape index (κ3) is 4.28. The number of piperidine rings is 1. The van der Waals surface area contributed by atoms with Crippen LogP contribution in [0.3, 0.4) is 0 Å². The Hall–Kier alpha value is -3.37. The maximum atomic E-state index is 4.58. The number of hydrogen-bond acceptors (Lipinski definition) is 8. The van der Waals surface area contributed by atoms with E-state index in [4.69, 9.17) is 0 Å². The minimum atomic E-state index is 0.165. The number of benzene rings is 1. The Kier molecular flexibility index (Phi) is 5.69. The van der Waals surface area contributed by atoms with Crippen molar-refractivity contribution < 1.29 is 0 Å². The van der Waals surface area contributed by atoms with Gasteiger partial charge in [0, 0.05) is 42.1 Å². The van der Waals surface area contributed by atoms with Gasteiger partial charge in [-0.15, -0.1) is 10.2 Å². The number of fused-ring (bicyclic) bond motifs is 3. The van der Waals surface area contributed by atoms with Crippen molar-refractivity contribution in [2.24, 2.45) is 0 Å². The monoisotopic (exact) mass is 472 g/mol. The Bertz CT molecular complexity index is 1310. The summed E-state index contributed by atoms with van der Waals surface area (Å²) in [6.45, 7) is 4.87. The molecule has 0 saturated carbocycles. The molecule has 3 aromatic heterocycles. The van der Waals surface area contributed by atoms with Crippen molar-refractivity contribution in [3.05, 3.63) is 48.4 Å². The average molecular weight is 473 g/mol. The zero-order valence-electron chi connectivity index (χ0n) is 20.5. The molecule has 2 unspecified atom stereocenters. The van der Waals surface area contributed by atoms with Crippen LogP contribution < -0.4 is 10.6 Å². The molecule has 10 heteroatoms. The number of tetrazole rings is 1. The van der Waals surface area contributed by atoms with Crippen LogP contribution in [0.15, 0.2) is 42.9 Å². The van der Waals surface area contributed by atoms with E-state index in [1.165, 1.54) is 31.2 Å². The lowest BCUT2D eigenvalue weighted by Crippen LogP contribution is -2.46. The lowest BCUT2D eigenvalue weighted by atomic mass is 9.98. The Labute approximate surface area is 204 Å². The van der Waals surface area contributed by atoms with E-state index in [0.717, 1.165) is 41.2 Å². The number of nitrogens with zero attached hydrogens (tertiary/aromatic N) is 8. The lowest BCUT2D eigenvalue weighted by Gasteiger charge is -2.36. The summed E-state index contributed by atoms with van der Waals surface area (Å²) in [6.07, 6.45) is 8.70. The van der Waals surface area contributed by atoms with E-state index < -0.39 is 0 Å². The Balaban J connectivity index is 1.21. The second-order valence-electron chi connectivity index (χ2n) is 10.1. The quantitative estimate of drug-likeness (QED) is 0.422. The molecule has 4 aromatic rings. The summed E-state index contributed by atoms with van der Waals surface area (Å²) in [5, 5.41) is 24.6. The van der Waals surface area contributed by atoms with Crippen molar-refractivity contribution >= 4 is 17.0 Å². The SMILES string of the molecule is CC(C)n1nnc(-c2cccc(Nc3ncnn4ccc(CNC5CC6CCC(C5)N6C)c34)c2)n1. The van der Waals surface area contributed by atoms with Gasteiger partial charge in [0.2, 0.25) is 5.82 Å². The Morgan fingerprint density at radius 2 is 1.94 bits per heavy atom. The van der Waals surface area contributed by atoms with Crippen LogP contribution in [0.5, 0.6) is 0 Å². The van der Waals surface area contributed by atoms with Crippen molar-refractivity contribution in [1.82, 2.24) is 45.0 Å². The van der Waals surface area contributed by atoms with E-state index in [2.05, 4.69) is 54.1 Å². The molecule has 2 atom stereocenters. The highest BCUT2D eigenvalue weighted by Gasteiger charge is 2.38. The van der Waals surface area contributed by atoms with Crippen LogP contribution >= 0.6 is 0 Å². The summed E-state index contributed by atoms with van der Waals surface area (Å²) < 4.78 is 1.89. The van der Waals surface area contributed by atoms with Crippen LogP contribution in [-0.4, -0.2) is 64.9 Å². The second-order valence-corrected chi connectivity index (χ2v) is 10.1. The van der Waals surface area contributed by atoms with Gasteiger partial charge in [-0.1, -0.05) is 12.1 Å². The molecule has 10 nitrogen and oxygen atoms in total. The first kappa shape index (κ1) is 22.1. The molecular formula is C25H32N10. The van der Waals surface area contributed by atoms with Gasteiger partial charge in [-0.3, -0.25) is 0 Å². The minimum Gasteiger partial charge on any atom is -0.338 e. The zero-order valence-corrected chi connectivity index (χ0v) is 20.5. The fourth-order valence-electron chi connectivity index (χ4n) is 5.52. The molecule has 0 radical (unpaired) electrons. The van der Waals surface area contributed by atoms with E-state index in [1.807, 2.05) is 48.8 Å². The minimum absolute atomic E-state index is 0.165. The number of anilines is 2. The molecule has 2 aliphatic rings. The molecule has 2 bridgehead atoms. The van der Waals surface area contributed by atoms with Crippen LogP contribution in [0.4, 0.5) is 11.5 Å². The van der Waals surface area contributed by atoms with Crippen molar-refractivity contribution in [3.63, 3.8) is 0 Å². The Morgan fingerprint density at radius 1 is 1.11 bits per heavy atom. The molecule has 35 heavy (non-hydrogen) atoms. The molecule has 0 amide bonds. The summed E-state index contributed by atoms with van der Waals surface area (Å²) in [4.78, 5) is 8.78. The molecule has 1 aromatic carbocycles. The van der Waals surface area contributed by atoms with Crippen LogP contribution in [0, 0.1) is 0 Å². The number of nitrogens with one attached hydrogen (secondary N) is 2. The standard InChI is InChI=1S/C25H32N10/c1-16(2)35-31-24(30-32-35)17-5-4-6-19(11-17)29-25-23-18(9-10-34(23)28-15-27-25)14-26-20-12-21-7-8-22(13-20)33(21)3/h4-6,9-11,15-16,20-22,26H,7-8,12-14H2,1-3H3,(H,27,28,29). The zero-order chi connectivity index (χ0) is 23.9. The molecule has 2 saturated heterocycles. The van der Waals surface area contributed by atoms with Gasteiger partial charge in [0.25, 0.3) is 0 Å². The molecule has 5 heterocycles. The van der Waals surface area contributed by atoms with E-state index in [0.29, 0.717) is 11.9 Å². The normalized spacial score (nSPS) is 22.3. The number of hydrogen-bond donors (Lipinski definition) is 2. The predicted octanol–water partition coefficient (Wildman–Crippen LogP) is 3.42. The van der Waals surface area contributed by atoms with E-state index in [9.17, 15) is 0 Å². The maximum Gasteiger partial charge on any atom is 0.205 e. The first-order chi connectivity index (χ1) is 17.0. The van der Waals surface area contributed by atoms with Gasteiger partial charge < -0.3 is 15.5 Å². The number of rotatable bonds is 7. The third-order valence-corrected chi connectivity index (χ3v) is 7.49. The molecule has 0 aliphatic carbocycles. The molecule has 2 N–H and O–H groups in total. The van der Waals surface area contributed by atoms with Gasteiger partial charge >= 0.3 is 0 Å². The molecule has 0 spiro atoms. The maximum absolute atomic E-state index is 4.58. The average Bonchev–Trinajstić information content (AvgIpc) is 3.55. The first-order valence-electron chi connectivity index (χ1n) is 12.5. The largest absolute Gasteiger partial charge is 0.338 e. The summed E-state index contributed by atoms with van der Waals surface area (Å²) in [5.74, 6) is 1.39. The smallest absolute Gasteiger partial charge is 0.205 e. The lowest BCUT2D eigenvalue weighted by molar-refractivity contribution is 0.148. The van der Waals surface area contributed by atoms with Gasteiger partial charge in [-0.05, 0) is 75.6 Å². The molecule has 2 aliphatic heterocycles. The number of aromatic nitrogens is 7. The predicted molar refractivity (Wildman–Crippen MR) is 134 cm³/mol. The van der Waals surface area contributed by atoms with Crippen LogP contribution in [0.25, 0.3) is 16.9 Å². The molecular weight excluding hydrogens is 440 g/mol. The van der Waals surface area contributed by atoms with Gasteiger partial charge in [0.1, 0.15) is 11.8 Å². The van der Waals surface area contributed by atoms with E-state index in [-0.39, 0.29) is 6.04 Å². The van der Waals surface area contributed by atoms with Crippen LogP contribution in [-0.2, 0) is 6.54 Å². The van der Waals surface area contributed by atoms with Gasteiger partial charge in [0.15, 0.2) is 5.82 Å². The van der Waals surface area contributed by atoms with Crippen molar-refractivity contribution in [2.75, 3.05) is 12.4 Å². The van der Waals surface area contributed by atoms with E-state index >= 15 is 0 Å².